The van der Waals surface area contributed by atoms with Crippen LogP contribution >= 0.6 is 0 Å². The van der Waals surface area contributed by atoms with Gasteiger partial charge in [0, 0.05) is 49.9 Å². The van der Waals surface area contributed by atoms with Crippen molar-refractivity contribution in [3.63, 3.8) is 0 Å². The maximum atomic E-state index is 12.5. The zero-order valence-electron chi connectivity index (χ0n) is 18.2. The van der Waals surface area contributed by atoms with Crippen molar-refractivity contribution >= 4 is 22.6 Å². The average molecular weight is 420 g/mol. The number of rotatable bonds is 6. The first kappa shape index (κ1) is 21.3. The molecule has 1 aromatic heterocycles. The summed E-state index contributed by atoms with van der Waals surface area (Å²) in [7, 11) is 0. The molecule has 0 bridgehead atoms. The highest BCUT2D eigenvalue weighted by atomic mass is 16.4. The van der Waals surface area contributed by atoms with Crippen LogP contribution < -0.4 is 10.9 Å². The molecule has 0 radical (unpaired) electrons. The largest absolute Gasteiger partial charge is 0.423 e. The predicted molar refractivity (Wildman–Crippen MR) is 123 cm³/mol. The van der Waals surface area contributed by atoms with Gasteiger partial charge >= 0.3 is 5.63 Å². The average Bonchev–Trinajstić information content (AvgIpc) is 2.75. The summed E-state index contributed by atoms with van der Waals surface area (Å²) in [5.74, 6) is 0.0244. The van der Waals surface area contributed by atoms with Crippen molar-refractivity contribution in [3.8, 4) is 0 Å². The Morgan fingerprint density at radius 3 is 2.52 bits per heavy atom. The summed E-state index contributed by atoms with van der Waals surface area (Å²) in [6, 6.07) is 15.5. The summed E-state index contributed by atoms with van der Waals surface area (Å²) in [5, 5.41) is 4.04. The predicted octanol–water partition coefficient (Wildman–Crippen LogP) is 3.42. The lowest BCUT2D eigenvalue weighted by atomic mass is 10.1. The normalized spacial score (nSPS) is 15.3. The van der Waals surface area contributed by atoms with Crippen LogP contribution in [0.1, 0.15) is 23.6 Å². The monoisotopic (exact) mass is 419 g/mol. The summed E-state index contributed by atoms with van der Waals surface area (Å²) >= 11 is 0. The molecule has 0 aliphatic carbocycles. The van der Waals surface area contributed by atoms with Crippen molar-refractivity contribution < 1.29 is 9.21 Å². The minimum atomic E-state index is -0.309. The van der Waals surface area contributed by atoms with Crippen LogP contribution in [-0.2, 0) is 17.8 Å². The Labute approximate surface area is 182 Å². The zero-order chi connectivity index (χ0) is 21.8. The SMILES string of the molecule is CCc1ccccc1NC(=O)CN1CCN(Cc2cc(=O)oc3cc(C)ccc23)CC1. The van der Waals surface area contributed by atoms with Crippen molar-refractivity contribution in [2.24, 2.45) is 0 Å². The molecular formula is C25H29N3O3. The quantitative estimate of drug-likeness (QED) is 0.620. The molecule has 0 unspecified atom stereocenters. The highest BCUT2D eigenvalue weighted by Gasteiger charge is 2.20. The Kier molecular flexibility index (Phi) is 6.49. The molecule has 4 rings (SSSR count). The molecule has 6 nitrogen and oxygen atoms in total. The van der Waals surface area contributed by atoms with Gasteiger partial charge in [0.05, 0.1) is 6.54 Å². The molecule has 1 N–H and O–H groups in total. The van der Waals surface area contributed by atoms with Gasteiger partial charge in [-0.25, -0.2) is 4.79 Å². The molecule has 0 spiro atoms. The molecule has 1 aliphatic rings. The first-order valence-electron chi connectivity index (χ1n) is 10.9. The van der Waals surface area contributed by atoms with E-state index in [1.54, 1.807) is 6.07 Å². The lowest BCUT2D eigenvalue weighted by Crippen LogP contribution is -2.48. The van der Waals surface area contributed by atoms with Gasteiger partial charge in [0.15, 0.2) is 0 Å². The van der Waals surface area contributed by atoms with E-state index in [0.717, 1.165) is 60.4 Å². The first-order chi connectivity index (χ1) is 15.0. The van der Waals surface area contributed by atoms with Crippen molar-refractivity contribution in [3.05, 3.63) is 75.6 Å². The summed E-state index contributed by atoms with van der Waals surface area (Å²) in [4.78, 5) is 29.0. The Morgan fingerprint density at radius 1 is 1.00 bits per heavy atom. The molecular weight excluding hydrogens is 390 g/mol. The minimum absolute atomic E-state index is 0.0244. The molecule has 1 amide bonds. The molecule has 0 saturated carbocycles. The Bertz CT molecular complexity index is 1130. The summed E-state index contributed by atoms with van der Waals surface area (Å²) < 4.78 is 5.37. The van der Waals surface area contributed by atoms with Gasteiger partial charge in [0.25, 0.3) is 0 Å². The molecule has 162 valence electrons. The van der Waals surface area contributed by atoms with Crippen LogP contribution in [0, 0.1) is 6.92 Å². The highest BCUT2D eigenvalue weighted by Crippen LogP contribution is 2.20. The number of nitrogens with zero attached hydrogens (tertiary/aromatic N) is 2. The van der Waals surface area contributed by atoms with Crippen LogP contribution in [0.3, 0.4) is 0 Å². The third-order valence-electron chi connectivity index (χ3n) is 5.88. The number of piperazine rings is 1. The molecule has 1 aliphatic heterocycles. The fraction of sp³-hybridized carbons (Fsp3) is 0.360. The van der Waals surface area contributed by atoms with E-state index in [0.29, 0.717) is 18.7 Å². The second kappa shape index (κ2) is 9.45. The fourth-order valence-electron chi connectivity index (χ4n) is 4.16. The van der Waals surface area contributed by atoms with Gasteiger partial charge in [-0.2, -0.15) is 0 Å². The van der Waals surface area contributed by atoms with Gasteiger partial charge in [-0.1, -0.05) is 37.3 Å². The van der Waals surface area contributed by atoms with E-state index in [-0.39, 0.29) is 11.5 Å². The van der Waals surface area contributed by atoms with Gasteiger partial charge in [-0.3, -0.25) is 14.6 Å². The van der Waals surface area contributed by atoms with E-state index >= 15 is 0 Å². The van der Waals surface area contributed by atoms with Gasteiger partial charge in [0.1, 0.15) is 5.58 Å². The number of amides is 1. The van der Waals surface area contributed by atoms with Crippen LogP contribution in [0.4, 0.5) is 5.69 Å². The third-order valence-corrected chi connectivity index (χ3v) is 5.88. The number of hydrogen-bond donors (Lipinski definition) is 1. The number of anilines is 1. The standard InChI is InChI=1S/C25H29N3O3/c1-3-19-6-4-5-7-22(19)26-24(29)17-28-12-10-27(11-13-28)16-20-15-25(30)31-23-14-18(2)8-9-21(20)23/h4-9,14-15H,3,10-13,16-17H2,1-2H3,(H,26,29). The van der Waals surface area contributed by atoms with Crippen molar-refractivity contribution in [2.45, 2.75) is 26.8 Å². The topological polar surface area (TPSA) is 65.8 Å². The summed E-state index contributed by atoms with van der Waals surface area (Å²) in [6.07, 6.45) is 0.890. The van der Waals surface area contributed by atoms with E-state index in [9.17, 15) is 9.59 Å². The number of hydrogen-bond acceptors (Lipinski definition) is 5. The summed E-state index contributed by atoms with van der Waals surface area (Å²) in [5.41, 5.74) is 4.45. The molecule has 6 heteroatoms. The Balaban J connectivity index is 1.34. The molecule has 1 fully saturated rings. The number of fused-ring (bicyclic) bond motifs is 1. The van der Waals surface area contributed by atoms with Crippen LogP contribution in [0.25, 0.3) is 11.0 Å². The van der Waals surface area contributed by atoms with Crippen LogP contribution in [0.2, 0.25) is 0 Å². The van der Waals surface area contributed by atoms with E-state index in [1.165, 1.54) is 0 Å². The van der Waals surface area contributed by atoms with E-state index < -0.39 is 0 Å². The second-order valence-corrected chi connectivity index (χ2v) is 8.20. The first-order valence-corrected chi connectivity index (χ1v) is 10.9. The minimum Gasteiger partial charge on any atom is -0.423 e. The van der Waals surface area contributed by atoms with Crippen molar-refractivity contribution in [1.82, 2.24) is 9.80 Å². The Hall–Kier alpha value is -2.96. The molecule has 0 atom stereocenters. The number of aryl methyl sites for hydroxylation is 2. The maximum Gasteiger partial charge on any atom is 0.336 e. The van der Waals surface area contributed by atoms with Crippen LogP contribution in [0.15, 0.2) is 57.7 Å². The maximum absolute atomic E-state index is 12.5. The second-order valence-electron chi connectivity index (χ2n) is 8.20. The number of carbonyl (C=O) groups excluding carboxylic acids is 1. The van der Waals surface area contributed by atoms with E-state index in [1.807, 2.05) is 49.4 Å². The lowest BCUT2D eigenvalue weighted by Gasteiger charge is -2.34. The Morgan fingerprint density at radius 2 is 1.74 bits per heavy atom. The van der Waals surface area contributed by atoms with Crippen molar-refractivity contribution in [1.29, 1.82) is 0 Å². The number of carbonyl (C=O) groups is 1. The smallest absolute Gasteiger partial charge is 0.336 e. The van der Waals surface area contributed by atoms with Gasteiger partial charge < -0.3 is 9.73 Å². The highest BCUT2D eigenvalue weighted by molar-refractivity contribution is 5.93. The number of benzene rings is 2. The van der Waals surface area contributed by atoms with Gasteiger partial charge in [0.2, 0.25) is 5.91 Å². The van der Waals surface area contributed by atoms with E-state index in [2.05, 4.69) is 22.0 Å². The third kappa shape index (κ3) is 5.21. The summed E-state index contributed by atoms with van der Waals surface area (Å²) in [6.45, 7) is 8.52. The van der Waals surface area contributed by atoms with Crippen LogP contribution in [0.5, 0.6) is 0 Å². The number of nitrogens with one attached hydrogen (secondary N) is 1. The number of para-hydroxylation sites is 1. The van der Waals surface area contributed by atoms with Crippen molar-refractivity contribution in [2.75, 3.05) is 38.0 Å². The molecule has 2 heterocycles. The molecule has 2 aromatic carbocycles. The zero-order valence-corrected chi connectivity index (χ0v) is 18.2. The fourth-order valence-corrected chi connectivity index (χ4v) is 4.16. The molecule has 31 heavy (non-hydrogen) atoms. The van der Waals surface area contributed by atoms with Crippen LogP contribution in [-0.4, -0.2) is 48.4 Å². The molecule has 3 aromatic rings. The van der Waals surface area contributed by atoms with E-state index in [4.69, 9.17) is 4.42 Å². The lowest BCUT2D eigenvalue weighted by molar-refractivity contribution is -0.117. The molecule has 1 saturated heterocycles. The van der Waals surface area contributed by atoms with Gasteiger partial charge in [-0.05, 0) is 42.2 Å². The van der Waals surface area contributed by atoms with Gasteiger partial charge in [-0.15, -0.1) is 0 Å².